The maximum Gasteiger partial charge on any atom is 0.260 e. The number of nitrogens with zero attached hydrogens (tertiary/aromatic N) is 1. The topological polar surface area (TPSA) is 42.0 Å². The third kappa shape index (κ3) is 2.62. The van der Waals surface area contributed by atoms with Gasteiger partial charge in [-0.2, -0.15) is 4.39 Å². The number of nitrogens with one attached hydrogen (secondary N) is 1. The average molecular weight is 269 g/mol. The summed E-state index contributed by atoms with van der Waals surface area (Å²) in [6, 6.07) is 6.35. The first-order valence-corrected chi connectivity index (χ1v) is 5.32. The van der Waals surface area contributed by atoms with E-state index in [1.54, 1.807) is 0 Å². The van der Waals surface area contributed by atoms with Gasteiger partial charge < -0.3 is 5.32 Å². The number of hydrogen-bond acceptors (Lipinski definition) is 2. The molecule has 1 heterocycles. The maximum absolute atomic E-state index is 13.4. The zero-order valence-corrected chi connectivity index (χ0v) is 9.71. The normalized spacial score (nSPS) is 10.2. The van der Waals surface area contributed by atoms with Crippen molar-refractivity contribution in [3.8, 4) is 0 Å². The van der Waals surface area contributed by atoms with Gasteiger partial charge in [-0.3, -0.25) is 4.79 Å². The molecule has 0 saturated heterocycles. The number of carbonyl (C=O) groups is 1. The van der Waals surface area contributed by atoms with Crippen LogP contribution in [0, 0.1) is 11.8 Å². The number of rotatable bonds is 2. The fourth-order valence-corrected chi connectivity index (χ4v) is 1.51. The van der Waals surface area contributed by atoms with Crippen LogP contribution in [0.4, 0.5) is 14.5 Å². The second-order valence-corrected chi connectivity index (χ2v) is 3.86. The molecule has 0 fully saturated rings. The summed E-state index contributed by atoms with van der Waals surface area (Å²) in [6.45, 7) is 0. The summed E-state index contributed by atoms with van der Waals surface area (Å²) in [7, 11) is 0. The van der Waals surface area contributed by atoms with Gasteiger partial charge in [0, 0.05) is 11.2 Å². The molecule has 0 aliphatic carbocycles. The van der Waals surface area contributed by atoms with Gasteiger partial charge in [0.25, 0.3) is 5.91 Å². The Bertz CT molecular complexity index is 604. The fraction of sp³-hybridized carbons (Fsp3) is 0. The van der Waals surface area contributed by atoms with Gasteiger partial charge in [-0.05, 0) is 30.3 Å². The predicted molar refractivity (Wildman–Crippen MR) is 63.6 cm³/mol. The van der Waals surface area contributed by atoms with Crippen molar-refractivity contribution >= 4 is 23.2 Å². The van der Waals surface area contributed by atoms with Crippen molar-refractivity contribution in [2.75, 3.05) is 5.32 Å². The minimum absolute atomic E-state index is 0.115. The Morgan fingerprint density at radius 2 is 2.06 bits per heavy atom. The fourth-order valence-electron chi connectivity index (χ4n) is 1.34. The molecule has 0 atom stereocenters. The molecule has 18 heavy (non-hydrogen) atoms. The maximum atomic E-state index is 13.4. The Kier molecular flexibility index (Phi) is 3.53. The summed E-state index contributed by atoms with van der Waals surface area (Å²) in [4.78, 5) is 15.0. The molecule has 2 aromatic rings. The predicted octanol–water partition coefficient (Wildman–Crippen LogP) is 3.27. The molecule has 0 aliphatic heterocycles. The minimum atomic E-state index is -0.919. The number of anilines is 1. The van der Waals surface area contributed by atoms with Crippen molar-refractivity contribution < 1.29 is 13.6 Å². The van der Waals surface area contributed by atoms with Gasteiger partial charge in [0.05, 0.1) is 11.3 Å². The van der Waals surface area contributed by atoms with Crippen molar-refractivity contribution in [1.82, 2.24) is 4.98 Å². The number of carbonyl (C=O) groups excluding carboxylic acids is 1. The first-order chi connectivity index (χ1) is 8.58. The van der Waals surface area contributed by atoms with Crippen LogP contribution in [0.25, 0.3) is 0 Å². The number of amides is 1. The number of benzene rings is 1. The molecule has 0 aliphatic rings. The van der Waals surface area contributed by atoms with E-state index in [4.69, 9.17) is 11.6 Å². The first kappa shape index (κ1) is 12.4. The molecule has 3 nitrogen and oxygen atoms in total. The van der Waals surface area contributed by atoms with Crippen LogP contribution in [0.3, 0.4) is 0 Å². The molecule has 1 aromatic heterocycles. The van der Waals surface area contributed by atoms with Crippen LogP contribution in [0.5, 0.6) is 0 Å². The van der Waals surface area contributed by atoms with E-state index in [1.807, 2.05) is 0 Å². The molecule has 1 amide bonds. The third-order valence-corrected chi connectivity index (χ3v) is 2.42. The van der Waals surface area contributed by atoms with Crippen LogP contribution >= 0.6 is 11.6 Å². The highest BCUT2D eigenvalue weighted by atomic mass is 35.5. The summed E-state index contributed by atoms with van der Waals surface area (Å²) in [6.07, 6.45) is 1.21. The SMILES string of the molecule is O=C(Nc1cc(Cl)ccc1F)c1cccnc1F. The second-order valence-electron chi connectivity index (χ2n) is 3.42. The van der Waals surface area contributed by atoms with Gasteiger partial charge in [0.15, 0.2) is 0 Å². The van der Waals surface area contributed by atoms with Crippen molar-refractivity contribution in [1.29, 1.82) is 0 Å². The second kappa shape index (κ2) is 5.10. The van der Waals surface area contributed by atoms with Crippen LogP contribution in [0.2, 0.25) is 5.02 Å². The van der Waals surface area contributed by atoms with E-state index in [2.05, 4.69) is 10.3 Å². The Labute approximate surface area is 106 Å². The van der Waals surface area contributed by atoms with Gasteiger partial charge in [0.2, 0.25) is 5.95 Å². The van der Waals surface area contributed by atoms with Gasteiger partial charge >= 0.3 is 0 Å². The molecule has 0 spiro atoms. The first-order valence-electron chi connectivity index (χ1n) is 4.95. The van der Waals surface area contributed by atoms with Gasteiger partial charge in [0.1, 0.15) is 5.82 Å². The van der Waals surface area contributed by atoms with E-state index in [-0.39, 0.29) is 16.3 Å². The summed E-state index contributed by atoms with van der Waals surface area (Å²) in [5.74, 6) is -2.36. The molecule has 0 bridgehead atoms. The molecule has 6 heteroatoms. The molecule has 0 radical (unpaired) electrons. The largest absolute Gasteiger partial charge is 0.319 e. The lowest BCUT2D eigenvalue weighted by Gasteiger charge is -2.06. The lowest BCUT2D eigenvalue weighted by atomic mass is 10.2. The van der Waals surface area contributed by atoms with Crippen molar-refractivity contribution in [2.45, 2.75) is 0 Å². The smallest absolute Gasteiger partial charge is 0.260 e. The zero-order valence-electron chi connectivity index (χ0n) is 8.95. The van der Waals surface area contributed by atoms with Crippen LogP contribution in [0.1, 0.15) is 10.4 Å². The molecule has 92 valence electrons. The van der Waals surface area contributed by atoms with Gasteiger partial charge in [-0.15, -0.1) is 0 Å². The van der Waals surface area contributed by atoms with Crippen LogP contribution < -0.4 is 5.32 Å². The summed E-state index contributed by atoms with van der Waals surface area (Å²) in [5.41, 5.74) is -0.382. The lowest BCUT2D eigenvalue weighted by molar-refractivity contribution is 0.102. The molecular weight excluding hydrogens is 262 g/mol. The van der Waals surface area contributed by atoms with Crippen LogP contribution in [-0.2, 0) is 0 Å². The summed E-state index contributed by atoms with van der Waals surface area (Å²) < 4.78 is 26.6. The van der Waals surface area contributed by atoms with Crippen molar-refractivity contribution in [2.24, 2.45) is 0 Å². The van der Waals surface area contributed by atoms with E-state index in [1.165, 1.54) is 30.5 Å². The lowest BCUT2D eigenvalue weighted by Crippen LogP contribution is -2.15. The van der Waals surface area contributed by atoms with Gasteiger partial charge in [-0.1, -0.05) is 11.6 Å². The van der Waals surface area contributed by atoms with Crippen LogP contribution in [-0.4, -0.2) is 10.9 Å². The Balaban J connectivity index is 2.27. The van der Waals surface area contributed by atoms with E-state index in [0.717, 1.165) is 6.07 Å². The monoisotopic (exact) mass is 268 g/mol. The number of aromatic nitrogens is 1. The highest BCUT2D eigenvalue weighted by Crippen LogP contribution is 2.20. The number of halogens is 3. The standard InChI is InChI=1S/C12H7ClF2N2O/c13-7-3-4-9(14)10(6-7)17-12(18)8-2-1-5-16-11(8)15/h1-6H,(H,17,18). The van der Waals surface area contributed by atoms with Crippen molar-refractivity contribution in [3.05, 3.63) is 58.9 Å². The Hall–Kier alpha value is -2.01. The van der Waals surface area contributed by atoms with Gasteiger partial charge in [-0.25, -0.2) is 9.37 Å². The molecule has 0 unspecified atom stereocenters. The van der Waals surface area contributed by atoms with Crippen LogP contribution in [0.15, 0.2) is 36.5 Å². The summed E-state index contributed by atoms with van der Waals surface area (Å²) in [5, 5.41) is 2.49. The highest BCUT2D eigenvalue weighted by Gasteiger charge is 2.14. The number of pyridine rings is 1. The molecular formula is C12H7ClF2N2O. The quantitative estimate of drug-likeness (QED) is 0.850. The number of hydrogen-bond donors (Lipinski definition) is 1. The third-order valence-electron chi connectivity index (χ3n) is 2.18. The van der Waals surface area contributed by atoms with E-state index in [9.17, 15) is 13.6 Å². The molecule has 1 aromatic carbocycles. The zero-order chi connectivity index (χ0) is 13.1. The average Bonchev–Trinajstić information content (AvgIpc) is 2.34. The summed E-state index contributed by atoms with van der Waals surface area (Å²) >= 11 is 5.67. The van der Waals surface area contributed by atoms with E-state index in [0.29, 0.717) is 0 Å². The molecule has 2 rings (SSSR count). The molecule has 1 N–H and O–H groups in total. The molecule has 0 saturated carbocycles. The van der Waals surface area contributed by atoms with E-state index >= 15 is 0 Å². The van der Waals surface area contributed by atoms with Crippen molar-refractivity contribution in [3.63, 3.8) is 0 Å². The minimum Gasteiger partial charge on any atom is -0.319 e. The Morgan fingerprint density at radius 1 is 1.28 bits per heavy atom. The highest BCUT2D eigenvalue weighted by molar-refractivity contribution is 6.31. The van der Waals surface area contributed by atoms with E-state index < -0.39 is 17.7 Å². The Morgan fingerprint density at radius 3 is 2.78 bits per heavy atom.